The lowest BCUT2D eigenvalue weighted by molar-refractivity contribution is 0.128. The van der Waals surface area contributed by atoms with Gasteiger partial charge in [0.05, 0.1) is 0 Å². The Morgan fingerprint density at radius 3 is 2.47 bits per heavy atom. The molecular weight excluding hydrogens is 252 g/mol. The molecule has 0 bridgehead atoms. The van der Waals surface area contributed by atoms with Gasteiger partial charge in [-0.1, -0.05) is 6.07 Å². The van der Waals surface area contributed by atoms with Crippen molar-refractivity contribution in [3.63, 3.8) is 0 Å². The Balaban J connectivity index is 0.00000144. The highest BCUT2D eigenvalue weighted by Gasteiger charge is 2.17. The summed E-state index contributed by atoms with van der Waals surface area (Å²) in [6.07, 6.45) is -2.75. The molecule has 96 valence electrons. The van der Waals surface area contributed by atoms with Crippen molar-refractivity contribution in [2.24, 2.45) is 5.73 Å². The summed E-state index contributed by atoms with van der Waals surface area (Å²) in [4.78, 5) is 0. The highest BCUT2D eigenvalue weighted by atomic mass is 35.5. The average Bonchev–Trinajstić information content (AvgIpc) is 2.27. The van der Waals surface area contributed by atoms with E-state index < -0.39 is 12.5 Å². The molecule has 0 saturated heterocycles. The molecule has 0 aliphatic carbocycles. The number of hydrogen-bond donors (Lipinski definition) is 1. The lowest BCUT2D eigenvalue weighted by Crippen LogP contribution is -2.17. The predicted octanol–water partition coefficient (Wildman–Crippen LogP) is 2.53. The molecule has 1 atom stereocenters. The number of hydrogen-bond acceptors (Lipinski definition) is 3. The minimum absolute atomic E-state index is 0. The number of halogens is 3. The Morgan fingerprint density at radius 2 is 1.82 bits per heavy atom. The van der Waals surface area contributed by atoms with E-state index in [1.165, 1.54) is 0 Å². The molecule has 0 spiro atoms. The summed E-state index contributed by atoms with van der Waals surface area (Å²) < 4.78 is 35.0. The van der Waals surface area contributed by atoms with E-state index in [1.807, 2.05) is 0 Å². The molecule has 0 fully saturated rings. The van der Waals surface area contributed by atoms with Crippen LogP contribution in [0.3, 0.4) is 0 Å². The average molecular weight is 266 g/mol. The predicted molar refractivity (Wildman–Crippen MR) is 62.2 cm³/mol. The zero-order chi connectivity index (χ0) is 11.5. The van der Waals surface area contributed by atoms with E-state index in [9.17, 15) is 8.78 Å². The van der Waals surface area contributed by atoms with E-state index in [0.717, 1.165) is 0 Å². The van der Waals surface area contributed by atoms with Crippen molar-refractivity contribution in [3.8, 4) is 11.5 Å². The molecule has 1 aromatic rings. The van der Waals surface area contributed by atoms with Crippen molar-refractivity contribution in [2.75, 3.05) is 13.2 Å². The zero-order valence-corrected chi connectivity index (χ0v) is 9.88. The van der Waals surface area contributed by atoms with Crippen LogP contribution in [0.2, 0.25) is 0 Å². The maximum absolute atomic E-state index is 12.2. The van der Waals surface area contributed by atoms with Crippen molar-refractivity contribution in [1.29, 1.82) is 0 Å². The van der Waals surface area contributed by atoms with E-state index >= 15 is 0 Å². The molecule has 2 N–H and O–H groups in total. The lowest BCUT2D eigenvalue weighted by atomic mass is 10.0. The maximum Gasteiger partial charge on any atom is 0.240 e. The van der Waals surface area contributed by atoms with Gasteiger partial charge in [0.1, 0.15) is 13.2 Å². The van der Waals surface area contributed by atoms with Crippen LogP contribution >= 0.6 is 12.4 Å². The van der Waals surface area contributed by atoms with Gasteiger partial charge in [-0.25, -0.2) is 8.78 Å². The highest BCUT2D eigenvalue weighted by molar-refractivity contribution is 5.85. The number of rotatable bonds is 3. The van der Waals surface area contributed by atoms with Gasteiger partial charge < -0.3 is 15.2 Å². The third kappa shape index (κ3) is 3.44. The fraction of sp³-hybridized carbons (Fsp3) is 0.455. The first kappa shape index (κ1) is 14.0. The van der Waals surface area contributed by atoms with Crippen molar-refractivity contribution in [1.82, 2.24) is 0 Å². The second kappa shape index (κ2) is 6.02. The summed E-state index contributed by atoms with van der Waals surface area (Å²) >= 11 is 0. The quantitative estimate of drug-likeness (QED) is 0.913. The fourth-order valence-electron chi connectivity index (χ4n) is 1.62. The minimum atomic E-state index is -2.40. The second-order valence-electron chi connectivity index (χ2n) is 3.64. The van der Waals surface area contributed by atoms with Crippen LogP contribution in [-0.4, -0.2) is 19.6 Å². The molecule has 1 aliphatic heterocycles. The van der Waals surface area contributed by atoms with Crippen LogP contribution in [-0.2, 0) is 0 Å². The monoisotopic (exact) mass is 265 g/mol. The number of ether oxygens (including phenoxy) is 2. The summed E-state index contributed by atoms with van der Waals surface area (Å²) in [6, 6.07) is 4.40. The van der Waals surface area contributed by atoms with Gasteiger partial charge >= 0.3 is 0 Å². The molecule has 1 heterocycles. The van der Waals surface area contributed by atoms with Gasteiger partial charge in [-0.2, -0.15) is 0 Å². The molecule has 0 saturated carbocycles. The number of benzene rings is 1. The molecule has 1 aromatic carbocycles. The Morgan fingerprint density at radius 1 is 1.18 bits per heavy atom. The van der Waals surface area contributed by atoms with Gasteiger partial charge in [0.15, 0.2) is 11.5 Å². The van der Waals surface area contributed by atoms with Gasteiger partial charge in [0.25, 0.3) is 0 Å². The van der Waals surface area contributed by atoms with Crippen LogP contribution in [0, 0.1) is 0 Å². The van der Waals surface area contributed by atoms with Crippen molar-refractivity contribution >= 4 is 12.4 Å². The molecule has 0 aromatic heterocycles. The molecule has 6 heteroatoms. The van der Waals surface area contributed by atoms with Crippen molar-refractivity contribution < 1.29 is 18.3 Å². The minimum Gasteiger partial charge on any atom is -0.486 e. The van der Waals surface area contributed by atoms with Gasteiger partial charge in [-0.05, 0) is 17.7 Å². The summed E-state index contributed by atoms with van der Waals surface area (Å²) in [6.45, 7) is 0.982. The molecule has 1 aliphatic rings. The third-order valence-electron chi connectivity index (χ3n) is 2.43. The van der Waals surface area contributed by atoms with Gasteiger partial charge in [-0.15, -0.1) is 12.4 Å². The molecular formula is C11H14ClF2NO2. The standard InChI is InChI=1S/C11H13F2NO2.ClH/c12-11(13)6-8(14)7-1-2-9-10(5-7)16-4-3-15-9;/h1-2,5,8,11H,3-4,6,14H2;1H/t8-;/m0./s1. The number of alkyl halides is 2. The topological polar surface area (TPSA) is 44.5 Å². The van der Waals surface area contributed by atoms with Crippen molar-refractivity contribution in [2.45, 2.75) is 18.9 Å². The highest BCUT2D eigenvalue weighted by Crippen LogP contribution is 2.33. The zero-order valence-electron chi connectivity index (χ0n) is 9.07. The summed E-state index contributed by atoms with van der Waals surface area (Å²) in [7, 11) is 0. The van der Waals surface area contributed by atoms with E-state index in [0.29, 0.717) is 30.3 Å². The summed E-state index contributed by atoms with van der Waals surface area (Å²) in [5.74, 6) is 1.22. The first-order valence-electron chi connectivity index (χ1n) is 5.10. The first-order chi connectivity index (χ1) is 7.66. The Hall–Kier alpha value is -1.07. The van der Waals surface area contributed by atoms with Crippen LogP contribution in [0.25, 0.3) is 0 Å². The molecule has 2 rings (SSSR count). The lowest BCUT2D eigenvalue weighted by Gasteiger charge is -2.20. The van der Waals surface area contributed by atoms with E-state index in [1.54, 1.807) is 18.2 Å². The van der Waals surface area contributed by atoms with Crippen LogP contribution in [0.5, 0.6) is 11.5 Å². The SMILES string of the molecule is Cl.N[C@@H](CC(F)F)c1ccc2c(c1)OCCO2. The van der Waals surface area contributed by atoms with Gasteiger partial charge in [0.2, 0.25) is 6.43 Å². The third-order valence-corrected chi connectivity index (χ3v) is 2.43. The van der Waals surface area contributed by atoms with Crippen LogP contribution in [0.4, 0.5) is 8.78 Å². The Bertz CT molecular complexity index is 376. The van der Waals surface area contributed by atoms with Crippen LogP contribution in [0.1, 0.15) is 18.0 Å². The number of nitrogens with two attached hydrogens (primary N) is 1. The summed E-state index contributed by atoms with van der Waals surface area (Å²) in [5, 5.41) is 0. The second-order valence-corrected chi connectivity index (χ2v) is 3.64. The van der Waals surface area contributed by atoms with Crippen LogP contribution < -0.4 is 15.2 Å². The fourth-order valence-corrected chi connectivity index (χ4v) is 1.62. The Kier molecular flexibility index (Phi) is 4.96. The molecule has 0 radical (unpaired) electrons. The Labute approximate surface area is 104 Å². The summed E-state index contributed by atoms with van der Waals surface area (Å²) in [5.41, 5.74) is 6.30. The van der Waals surface area contributed by atoms with Crippen molar-refractivity contribution in [3.05, 3.63) is 23.8 Å². The molecule has 3 nitrogen and oxygen atoms in total. The maximum atomic E-state index is 12.2. The van der Waals surface area contributed by atoms with Gasteiger partial charge in [0, 0.05) is 12.5 Å². The molecule has 17 heavy (non-hydrogen) atoms. The normalized spacial score (nSPS) is 15.3. The van der Waals surface area contributed by atoms with E-state index in [2.05, 4.69) is 0 Å². The van der Waals surface area contributed by atoms with E-state index in [-0.39, 0.29) is 18.8 Å². The first-order valence-corrected chi connectivity index (χ1v) is 5.10. The smallest absolute Gasteiger partial charge is 0.240 e. The molecule has 0 amide bonds. The number of fused-ring (bicyclic) bond motifs is 1. The van der Waals surface area contributed by atoms with Gasteiger partial charge in [-0.3, -0.25) is 0 Å². The van der Waals surface area contributed by atoms with Crippen LogP contribution in [0.15, 0.2) is 18.2 Å². The molecule has 0 unspecified atom stereocenters. The van der Waals surface area contributed by atoms with E-state index in [4.69, 9.17) is 15.2 Å². The largest absolute Gasteiger partial charge is 0.486 e.